The number of allylic oxidation sites excluding steroid dienone is 1. The number of hydrogen-bond acceptors (Lipinski definition) is 4. The van der Waals surface area contributed by atoms with Crippen LogP contribution in [0.2, 0.25) is 0 Å². The van der Waals surface area contributed by atoms with Gasteiger partial charge in [-0.3, -0.25) is 9.59 Å². The van der Waals surface area contributed by atoms with Crippen molar-refractivity contribution in [2.75, 3.05) is 19.6 Å². The zero-order valence-corrected chi connectivity index (χ0v) is 19.4. The number of likely N-dealkylation sites (tertiary alicyclic amines) is 1. The Balaban J connectivity index is 1.17. The molecule has 1 atom stereocenters. The van der Waals surface area contributed by atoms with Crippen molar-refractivity contribution in [3.8, 4) is 6.07 Å². The van der Waals surface area contributed by atoms with Crippen molar-refractivity contribution in [3.63, 3.8) is 0 Å². The molecular weight excluding hydrogens is 412 g/mol. The third-order valence-electron chi connectivity index (χ3n) is 8.26. The Bertz CT molecular complexity index is 980. The van der Waals surface area contributed by atoms with Crippen LogP contribution >= 0.6 is 0 Å². The second kappa shape index (κ2) is 9.30. The van der Waals surface area contributed by atoms with Gasteiger partial charge in [-0.15, -0.1) is 0 Å². The number of amides is 2. The molecule has 1 aromatic rings. The third-order valence-corrected chi connectivity index (χ3v) is 8.26. The number of benzene rings is 1. The Morgan fingerprint density at radius 2 is 1.82 bits per heavy atom. The quantitative estimate of drug-likeness (QED) is 0.760. The van der Waals surface area contributed by atoms with E-state index in [1.807, 2.05) is 6.07 Å². The minimum Gasteiger partial charge on any atom is -0.329 e. The van der Waals surface area contributed by atoms with E-state index in [0.29, 0.717) is 18.9 Å². The fraction of sp³-hybridized carbons (Fsp3) is 0.593. The number of piperidine rings is 2. The second-order valence-electron chi connectivity index (χ2n) is 10.4. The summed E-state index contributed by atoms with van der Waals surface area (Å²) in [6.07, 6.45) is 8.20. The lowest BCUT2D eigenvalue weighted by Gasteiger charge is -2.36. The highest BCUT2D eigenvalue weighted by atomic mass is 16.2. The molecule has 6 heteroatoms. The van der Waals surface area contributed by atoms with Gasteiger partial charge in [0.15, 0.2) is 0 Å². The molecule has 2 saturated heterocycles. The fourth-order valence-corrected chi connectivity index (χ4v) is 6.22. The summed E-state index contributed by atoms with van der Waals surface area (Å²) >= 11 is 0. The Hall–Kier alpha value is -2.65. The van der Waals surface area contributed by atoms with Crippen LogP contribution < -0.4 is 5.32 Å². The van der Waals surface area contributed by atoms with Crippen molar-refractivity contribution < 1.29 is 9.59 Å². The minimum atomic E-state index is -0.398. The van der Waals surface area contributed by atoms with Gasteiger partial charge in [0.05, 0.1) is 6.07 Å². The van der Waals surface area contributed by atoms with Gasteiger partial charge in [0.2, 0.25) is 5.91 Å². The average Bonchev–Trinajstić information content (AvgIpc) is 3.15. The molecule has 33 heavy (non-hydrogen) atoms. The van der Waals surface area contributed by atoms with Gasteiger partial charge in [0.1, 0.15) is 6.04 Å². The van der Waals surface area contributed by atoms with Crippen LogP contribution in [0.3, 0.4) is 0 Å². The van der Waals surface area contributed by atoms with E-state index in [9.17, 15) is 9.59 Å². The van der Waals surface area contributed by atoms with E-state index in [-0.39, 0.29) is 17.7 Å². The number of nitrogens with one attached hydrogen (secondary N) is 1. The lowest BCUT2D eigenvalue weighted by molar-refractivity contribution is -0.126. The van der Waals surface area contributed by atoms with E-state index in [4.69, 9.17) is 5.26 Å². The number of rotatable bonds is 4. The van der Waals surface area contributed by atoms with E-state index in [2.05, 4.69) is 35.0 Å². The Labute approximate surface area is 196 Å². The van der Waals surface area contributed by atoms with Gasteiger partial charge in [-0.1, -0.05) is 18.7 Å². The summed E-state index contributed by atoms with van der Waals surface area (Å²) in [5, 5.41) is 11.9. The second-order valence-corrected chi connectivity index (χ2v) is 10.4. The van der Waals surface area contributed by atoms with Gasteiger partial charge in [-0.05, 0) is 93.5 Å². The molecule has 1 unspecified atom stereocenters. The molecule has 5 rings (SSSR count). The van der Waals surface area contributed by atoms with Crippen molar-refractivity contribution >= 4 is 11.8 Å². The van der Waals surface area contributed by atoms with E-state index < -0.39 is 6.04 Å². The van der Waals surface area contributed by atoms with Gasteiger partial charge in [0, 0.05) is 30.3 Å². The molecule has 3 aliphatic heterocycles. The van der Waals surface area contributed by atoms with E-state index >= 15 is 0 Å². The van der Waals surface area contributed by atoms with Crippen LogP contribution in [0.15, 0.2) is 30.5 Å². The summed E-state index contributed by atoms with van der Waals surface area (Å²) in [6.45, 7) is 7.79. The molecule has 0 bridgehead atoms. The summed E-state index contributed by atoms with van der Waals surface area (Å²) in [5.41, 5.74) is 3.88. The first kappa shape index (κ1) is 22.2. The van der Waals surface area contributed by atoms with Crippen LogP contribution in [0.4, 0.5) is 0 Å². The van der Waals surface area contributed by atoms with E-state index in [1.165, 1.54) is 24.9 Å². The molecule has 3 fully saturated rings. The first-order chi connectivity index (χ1) is 16.0. The maximum Gasteiger partial charge on any atom is 0.255 e. The minimum absolute atomic E-state index is 0.0230. The normalized spacial score (nSPS) is 29.0. The largest absolute Gasteiger partial charge is 0.329 e. The third kappa shape index (κ3) is 4.56. The zero-order chi connectivity index (χ0) is 22.9. The van der Waals surface area contributed by atoms with Crippen LogP contribution in [-0.4, -0.2) is 47.3 Å². The highest BCUT2D eigenvalue weighted by Crippen LogP contribution is 2.35. The molecule has 0 aromatic heterocycles. The van der Waals surface area contributed by atoms with Crippen molar-refractivity contribution in [2.45, 2.75) is 69.9 Å². The lowest BCUT2D eigenvalue weighted by Crippen LogP contribution is -2.49. The fourth-order valence-electron chi connectivity index (χ4n) is 6.22. The van der Waals surface area contributed by atoms with Crippen molar-refractivity contribution in [3.05, 3.63) is 47.2 Å². The van der Waals surface area contributed by atoms with Crippen molar-refractivity contribution in [1.29, 1.82) is 5.26 Å². The summed E-state index contributed by atoms with van der Waals surface area (Å²) < 4.78 is 0. The molecule has 1 aromatic carbocycles. The number of nitriles is 1. The Morgan fingerprint density at radius 3 is 2.52 bits per heavy atom. The molecule has 1 aliphatic carbocycles. The SMILES string of the molecule is C=C1CCC(N2Cc3cc(C4CCN(CC5CCC(C#N)CC5)CC4)ccc3C2=O)C(=O)N1. The maximum atomic E-state index is 13.0. The molecule has 0 spiro atoms. The van der Waals surface area contributed by atoms with Crippen LogP contribution in [0.5, 0.6) is 0 Å². The number of hydrogen-bond donors (Lipinski definition) is 1. The number of carbonyl (C=O) groups excluding carboxylic acids is 2. The summed E-state index contributed by atoms with van der Waals surface area (Å²) in [7, 11) is 0. The molecule has 1 N–H and O–H groups in total. The lowest BCUT2D eigenvalue weighted by atomic mass is 9.82. The van der Waals surface area contributed by atoms with Gasteiger partial charge in [0.25, 0.3) is 5.91 Å². The molecular formula is C27H34N4O2. The van der Waals surface area contributed by atoms with Gasteiger partial charge in [-0.2, -0.15) is 5.26 Å². The average molecular weight is 447 g/mol. The van der Waals surface area contributed by atoms with E-state index in [0.717, 1.165) is 67.9 Å². The first-order valence-electron chi connectivity index (χ1n) is 12.6. The first-order valence-corrected chi connectivity index (χ1v) is 12.6. The summed E-state index contributed by atoms with van der Waals surface area (Å²) in [5.74, 6) is 1.43. The highest BCUT2D eigenvalue weighted by molar-refractivity contribution is 6.01. The summed E-state index contributed by atoms with van der Waals surface area (Å²) in [4.78, 5) is 29.8. The van der Waals surface area contributed by atoms with Crippen LogP contribution in [0.25, 0.3) is 0 Å². The topological polar surface area (TPSA) is 76.4 Å². The number of fused-ring (bicyclic) bond motifs is 1. The number of nitrogens with zero attached hydrogens (tertiary/aromatic N) is 3. The highest BCUT2D eigenvalue weighted by Gasteiger charge is 2.38. The van der Waals surface area contributed by atoms with Gasteiger partial charge >= 0.3 is 0 Å². The molecule has 174 valence electrons. The van der Waals surface area contributed by atoms with Crippen molar-refractivity contribution in [1.82, 2.24) is 15.1 Å². The Morgan fingerprint density at radius 1 is 1.06 bits per heavy atom. The van der Waals surface area contributed by atoms with Crippen LogP contribution in [0, 0.1) is 23.2 Å². The van der Waals surface area contributed by atoms with Crippen LogP contribution in [0.1, 0.15) is 78.8 Å². The molecule has 0 radical (unpaired) electrons. The molecule has 2 amide bonds. The number of carbonyl (C=O) groups is 2. The Kier molecular flexibility index (Phi) is 6.25. The van der Waals surface area contributed by atoms with Crippen LogP contribution in [-0.2, 0) is 11.3 Å². The van der Waals surface area contributed by atoms with E-state index in [1.54, 1.807) is 4.90 Å². The molecule has 1 saturated carbocycles. The zero-order valence-electron chi connectivity index (χ0n) is 19.4. The maximum absolute atomic E-state index is 13.0. The predicted molar refractivity (Wildman–Crippen MR) is 126 cm³/mol. The smallest absolute Gasteiger partial charge is 0.255 e. The molecule has 4 aliphatic rings. The molecule has 3 heterocycles. The predicted octanol–water partition coefficient (Wildman–Crippen LogP) is 3.94. The van der Waals surface area contributed by atoms with Gasteiger partial charge < -0.3 is 15.1 Å². The van der Waals surface area contributed by atoms with Gasteiger partial charge in [-0.25, -0.2) is 0 Å². The molecule has 6 nitrogen and oxygen atoms in total. The standard InChI is InChI=1S/C27H34N4O2/c1-18-2-9-25(26(32)29-18)31-17-23-14-22(7-8-24(23)27(31)33)21-10-12-30(13-11-21)16-20-5-3-19(15-28)4-6-20/h7-8,14,19-21,25H,1-6,9-13,16-17H2,(H,29,32). The summed E-state index contributed by atoms with van der Waals surface area (Å²) in [6, 6.07) is 8.37. The van der Waals surface area contributed by atoms with Crippen molar-refractivity contribution in [2.24, 2.45) is 11.8 Å². The monoisotopic (exact) mass is 446 g/mol.